The summed E-state index contributed by atoms with van der Waals surface area (Å²) in [7, 11) is 1.37. The van der Waals surface area contributed by atoms with Crippen LogP contribution in [0.25, 0.3) is 0 Å². The van der Waals surface area contributed by atoms with Crippen molar-refractivity contribution < 1.29 is 13.9 Å². The zero-order chi connectivity index (χ0) is 15.4. The number of nitrogen functional groups attached to an aromatic ring is 1. The molecule has 1 amide bonds. The lowest BCUT2D eigenvalue weighted by Crippen LogP contribution is -2.30. The molecule has 110 valence electrons. The molecule has 2 aromatic carbocycles. The van der Waals surface area contributed by atoms with Gasteiger partial charge in [0.05, 0.1) is 7.11 Å². The largest absolute Gasteiger partial charge is 0.494 e. The quantitative estimate of drug-likeness (QED) is 0.880. The molecule has 4 nitrogen and oxygen atoms in total. The Labute approximate surface area is 122 Å². The van der Waals surface area contributed by atoms with Crippen molar-refractivity contribution in [2.45, 2.75) is 6.92 Å². The van der Waals surface area contributed by atoms with Gasteiger partial charge in [-0.2, -0.15) is 0 Å². The smallest absolute Gasteiger partial charge is 0.258 e. The highest BCUT2D eigenvalue weighted by molar-refractivity contribution is 6.06. The highest BCUT2D eigenvalue weighted by Gasteiger charge is 2.17. The van der Waals surface area contributed by atoms with E-state index in [1.807, 2.05) is 6.92 Å². The van der Waals surface area contributed by atoms with Gasteiger partial charge in [0.15, 0.2) is 11.6 Å². The number of hydrogen-bond acceptors (Lipinski definition) is 3. The van der Waals surface area contributed by atoms with Gasteiger partial charge in [0.25, 0.3) is 5.91 Å². The van der Waals surface area contributed by atoms with Crippen LogP contribution in [0.5, 0.6) is 5.75 Å². The Morgan fingerprint density at radius 2 is 1.90 bits per heavy atom. The van der Waals surface area contributed by atoms with Crippen molar-refractivity contribution in [1.82, 2.24) is 0 Å². The molecule has 5 heteroatoms. The number of anilines is 2. The van der Waals surface area contributed by atoms with Crippen LogP contribution in [0, 0.1) is 5.82 Å². The van der Waals surface area contributed by atoms with E-state index in [1.165, 1.54) is 25.3 Å². The van der Waals surface area contributed by atoms with Gasteiger partial charge >= 0.3 is 0 Å². The predicted molar refractivity (Wildman–Crippen MR) is 81.2 cm³/mol. The number of carbonyl (C=O) groups excluding carboxylic acids is 1. The summed E-state index contributed by atoms with van der Waals surface area (Å²) in [5.41, 5.74) is 7.38. The molecule has 2 aromatic rings. The van der Waals surface area contributed by atoms with Crippen molar-refractivity contribution >= 4 is 17.3 Å². The molecule has 0 fully saturated rings. The van der Waals surface area contributed by atoms with Gasteiger partial charge in [-0.05, 0) is 49.4 Å². The maximum absolute atomic E-state index is 13.4. The lowest BCUT2D eigenvalue weighted by molar-refractivity contribution is 0.0988. The molecule has 0 spiro atoms. The number of benzene rings is 2. The summed E-state index contributed by atoms with van der Waals surface area (Å²) in [4.78, 5) is 14.1. The zero-order valence-electron chi connectivity index (χ0n) is 12.0. The van der Waals surface area contributed by atoms with Gasteiger partial charge in [0, 0.05) is 23.5 Å². The second-order valence-corrected chi connectivity index (χ2v) is 4.49. The molecule has 0 heterocycles. The molecule has 0 radical (unpaired) electrons. The van der Waals surface area contributed by atoms with Crippen molar-refractivity contribution in [2.75, 3.05) is 24.3 Å². The predicted octanol–water partition coefficient (Wildman–Crippen LogP) is 3.08. The van der Waals surface area contributed by atoms with Gasteiger partial charge in [0.2, 0.25) is 0 Å². The van der Waals surface area contributed by atoms with Crippen molar-refractivity contribution in [2.24, 2.45) is 0 Å². The lowest BCUT2D eigenvalue weighted by Gasteiger charge is -2.21. The summed E-state index contributed by atoms with van der Waals surface area (Å²) in [6, 6.07) is 11.1. The molecule has 0 aliphatic carbocycles. The Bertz CT molecular complexity index is 641. The van der Waals surface area contributed by atoms with E-state index in [2.05, 4.69) is 0 Å². The highest BCUT2D eigenvalue weighted by Crippen LogP contribution is 2.22. The Morgan fingerprint density at radius 1 is 1.24 bits per heavy atom. The first kappa shape index (κ1) is 14.8. The Morgan fingerprint density at radius 3 is 2.48 bits per heavy atom. The number of nitrogens with two attached hydrogens (primary N) is 1. The third-order valence-electron chi connectivity index (χ3n) is 3.16. The first-order valence-corrected chi connectivity index (χ1v) is 6.57. The maximum Gasteiger partial charge on any atom is 0.258 e. The van der Waals surface area contributed by atoms with Crippen molar-refractivity contribution in [3.05, 3.63) is 53.8 Å². The van der Waals surface area contributed by atoms with Gasteiger partial charge in [0.1, 0.15) is 0 Å². The van der Waals surface area contributed by atoms with Crippen LogP contribution in [0.15, 0.2) is 42.5 Å². The van der Waals surface area contributed by atoms with Gasteiger partial charge < -0.3 is 15.4 Å². The molecule has 0 saturated carbocycles. The summed E-state index contributed by atoms with van der Waals surface area (Å²) in [5.74, 6) is -0.667. The molecule has 0 aliphatic rings. The van der Waals surface area contributed by atoms with E-state index in [1.54, 1.807) is 29.2 Å². The fourth-order valence-corrected chi connectivity index (χ4v) is 2.05. The van der Waals surface area contributed by atoms with E-state index in [0.29, 0.717) is 17.8 Å². The monoisotopic (exact) mass is 288 g/mol. The number of hydrogen-bond donors (Lipinski definition) is 1. The number of halogens is 1. The second-order valence-electron chi connectivity index (χ2n) is 4.49. The molecular weight excluding hydrogens is 271 g/mol. The van der Waals surface area contributed by atoms with Crippen molar-refractivity contribution in [1.29, 1.82) is 0 Å². The van der Waals surface area contributed by atoms with Crippen LogP contribution in [-0.2, 0) is 0 Å². The summed E-state index contributed by atoms with van der Waals surface area (Å²) in [6.07, 6.45) is 0. The minimum absolute atomic E-state index is 0.0502. The standard InChI is InChI=1S/C16H17FN2O2/c1-3-19(13-7-5-12(18)6-8-13)16(20)11-4-9-14(17)15(10-11)21-2/h4-10H,3,18H2,1-2H3. The average molecular weight is 288 g/mol. The lowest BCUT2D eigenvalue weighted by atomic mass is 10.1. The maximum atomic E-state index is 13.4. The third kappa shape index (κ3) is 3.13. The topological polar surface area (TPSA) is 55.6 Å². The number of carbonyl (C=O) groups is 1. The van der Waals surface area contributed by atoms with Crippen molar-refractivity contribution in [3.63, 3.8) is 0 Å². The number of ether oxygens (including phenoxy) is 1. The van der Waals surface area contributed by atoms with Crippen LogP contribution in [-0.4, -0.2) is 19.6 Å². The molecule has 0 bridgehead atoms. The van der Waals surface area contributed by atoms with Gasteiger partial charge in [-0.25, -0.2) is 4.39 Å². The molecule has 0 unspecified atom stereocenters. The van der Waals surface area contributed by atoms with Crippen LogP contribution >= 0.6 is 0 Å². The summed E-state index contributed by atoms with van der Waals surface area (Å²) in [6.45, 7) is 2.36. The fourth-order valence-electron chi connectivity index (χ4n) is 2.05. The van der Waals surface area contributed by atoms with Gasteiger partial charge in [-0.15, -0.1) is 0 Å². The fraction of sp³-hybridized carbons (Fsp3) is 0.188. The highest BCUT2D eigenvalue weighted by atomic mass is 19.1. The van der Waals surface area contributed by atoms with E-state index in [4.69, 9.17) is 10.5 Å². The van der Waals surface area contributed by atoms with Crippen LogP contribution in [0.4, 0.5) is 15.8 Å². The summed E-state index contributed by atoms with van der Waals surface area (Å²) in [5, 5.41) is 0. The van der Waals surface area contributed by atoms with Gasteiger partial charge in [-0.3, -0.25) is 4.79 Å². The van der Waals surface area contributed by atoms with Crippen LogP contribution < -0.4 is 15.4 Å². The minimum Gasteiger partial charge on any atom is -0.494 e. The number of nitrogens with zero attached hydrogens (tertiary/aromatic N) is 1. The summed E-state index contributed by atoms with van der Waals surface area (Å²) >= 11 is 0. The van der Waals surface area contributed by atoms with E-state index >= 15 is 0 Å². The van der Waals surface area contributed by atoms with Gasteiger partial charge in [-0.1, -0.05) is 0 Å². The van der Waals surface area contributed by atoms with E-state index in [-0.39, 0.29) is 11.7 Å². The Hall–Kier alpha value is -2.56. The molecule has 0 saturated heterocycles. The van der Waals surface area contributed by atoms with Crippen LogP contribution in [0.1, 0.15) is 17.3 Å². The minimum atomic E-state index is -0.496. The van der Waals surface area contributed by atoms with Crippen molar-refractivity contribution in [3.8, 4) is 5.75 Å². The molecule has 2 N–H and O–H groups in total. The normalized spacial score (nSPS) is 10.2. The molecular formula is C16H17FN2O2. The molecule has 0 atom stereocenters. The van der Waals surface area contributed by atoms with E-state index in [0.717, 1.165) is 5.69 Å². The number of methoxy groups -OCH3 is 1. The number of amides is 1. The zero-order valence-corrected chi connectivity index (χ0v) is 12.0. The third-order valence-corrected chi connectivity index (χ3v) is 3.16. The first-order valence-electron chi connectivity index (χ1n) is 6.57. The molecule has 2 rings (SSSR count). The molecule has 0 aromatic heterocycles. The average Bonchev–Trinajstić information content (AvgIpc) is 2.50. The molecule has 21 heavy (non-hydrogen) atoms. The second kappa shape index (κ2) is 6.26. The van der Waals surface area contributed by atoms with Crippen LogP contribution in [0.2, 0.25) is 0 Å². The molecule has 0 aliphatic heterocycles. The summed E-state index contributed by atoms with van der Waals surface area (Å²) < 4.78 is 18.3. The first-order chi connectivity index (χ1) is 10.1. The van der Waals surface area contributed by atoms with E-state index < -0.39 is 5.82 Å². The SMILES string of the molecule is CCN(C(=O)c1ccc(F)c(OC)c1)c1ccc(N)cc1. The van der Waals surface area contributed by atoms with Crippen LogP contribution in [0.3, 0.4) is 0 Å². The number of rotatable bonds is 4. The van der Waals surface area contributed by atoms with E-state index in [9.17, 15) is 9.18 Å². The Kier molecular flexibility index (Phi) is 4.42. The Balaban J connectivity index is 2.34.